The fourth-order valence-electron chi connectivity index (χ4n) is 1.72. The number of hydrogen-bond donors (Lipinski definition) is 3. The van der Waals surface area contributed by atoms with Gasteiger partial charge in [0.05, 0.1) is 18.4 Å². The Morgan fingerprint density at radius 2 is 2.35 bits per heavy atom. The smallest absolute Gasteiger partial charge is 0.330 e. The van der Waals surface area contributed by atoms with Gasteiger partial charge in [0.1, 0.15) is 6.23 Å². The topological polar surface area (TPSA) is 84.3 Å². The van der Waals surface area contributed by atoms with E-state index in [2.05, 4.69) is 12.6 Å². The molecule has 1 saturated heterocycles. The standard InChI is InChI=1S/C9H11FN2O4S/c10-4-2-12(9(15)11-8(4)14)7-1-5(13)6(3-17)16-7/h2,5-7,13,17H,1,3H2,(H,11,14,15)/t5-,6+,7+/m1/s1. The van der Waals surface area contributed by atoms with Crippen molar-refractivity contribution < 1.29 is 14.2 Å². The summed E-state index contributed by atoms with van der Waals surface area (Å²) in [5.41, 5.74) is -1.84. The Morgan fingerprint density at radius 1 is 1.65 bits per heavy atom. The van der Waals surface area contributed by atoms with Crippen molar-refractivity contribution in [1.29, 1.82) is 0 Å². The van der Waals surface area contributed by atoms with Crippen LogP contribution in [0.3, 0.4) is 0 Å². The van der Waals surface area contributed by atoms with Gasteiger partial charge in [0.2, 0.25) is 5.82 Å². The highest BCUT2D eigenvalue weighted by atomic mass is 32.1. The molecule has 1 aliphatic rings. The van der Waals surface area contributed by atoms with E-state index in [9.17, 15) is 19.1 Å². The molecule has 0 bridgehead atoms. The number of thiol groups is 1. The first-order valence-corrected chi connectivity index (χ1v) is 5.61. The molecule has 0 saturated carbocycles. The molecule has 0 aliphatic carbocycles. The summed E-state index contributed by atoms with van der Waals surface area (Å²) >= 11 is 3.99. The number of aliphatic hydroxyl groups excluding tert-OH is 1. The third kappa shape index (κ3) is 2.28. The maximum Gasteiger partial charge on any atom is 0.330 e. The molecule has 0 unspecified atom stereocenters. The average Bonchev–Trinajstić information content (AvgIpc) is 2.65. The predicted octanol–water partition coefficient (Wildman–Crippen LogP) is -0.746. The van der Waals surface area contributed by atoms with Crippen molar-refractivity contribution in [1.82, 2.24) is 9.55 Å². The molecule has 6 nitrogen and oxygen atoms in total. The summed E-state index contributed by atoms with van der Waals surface area (Å²) in [6.07, 6.45) is -1.14. The van der Waals surface area contributed by atoms with E-state index < -0.39 is 35.5 Å². The lowest BCUT2D eigenvalue weighted by molar-refractivity contribution is -0.00784. The van der Waals surface area contributed by atoms with Crippen LogP contribution < -0.4 is 11.2 Å². The van der Waals surface area contributed by atoms with Crippen molar-refractivity contribution in [2.24, 2.45) is 0 Å². The van der Waals surface area contributed by atoms with E-state index >= 15 is 0 Å². The van der Waals surface area contributed by atoms with Crippen LogP contribution in [0.1, 0.15) is 12.6 Å². The van der Waals surface area contributed by atoms with Crippen molar-refractivity contribution in [2.75, 3.05) is 5.75 Å². The third-order valence-corrected chi connectivity index (χ3v) is 2.98. The molecule has 0 spiro atoms. The largest absolute Gasteiger partial charge is 0.390 e. The zero-order valence-electron chi connectivity index (χ0n) is 8.67. The van der Waals surface area contributed by atoms with Crippen LogP contribution in [0.2, 0.25) is 0 Å². The first-order chi connectivity index (χ1) is 8.02. The van der Waals surface area contributed by atoms with Crippen LogP contribution in [0.5, 0.6) is 0 Å². The first kappa shape index (κ1) is 12.3. The van der Waals surface area contributed by atoms with E-state index in [1.807, 2.05) is 4.98 Å². The Bertz CT molecular complexity index is 528. The molecule has 2 heterocycles. The molecular weight excluding hydrogens is 251 g/mol. The van der Waals surface area contributed by atoms with Crippen LogP contribution in [-0.2, 0) is 4.74 Å². The number of ether oxygens (including phenoxy) is 1. The van der Waals surface area contributed by atoms with E-state index in [-0.39, 0.29) is 12.2 Å². The van der Waals surface area contributed by atoms with Crippen LogP contribution in [-0.4, -0.2) is 32.6 Å². The molecule has 2 rings (SSSR count). The van der Waals surface area contributed by atoms with Crippen LogP contribution in [0.25, 0.3) is 0 Å². The zero-order chi connectivity index (χ0) is 12.6. The number of nitrogens with one attached hydrogen (secondary N) is 1. The highest BCUT2D eigenvalue weighted by Gasteiger charge is 2.34. The molecule has 1 aliphatic heterocycles. The van der Waals surface area contributed by atoms with Gasteiger partial charge in [-0.2, -0.15) is 17.0 Å². The van der Waals surface area contributed by atoms with Crippen molar-refractivity contribution in [3.63, 3.8) is 0 Å². The summed E-state index contributed by atoms with van der Waals surface area (Å²) in [6.45, 7) is 0. The van der Waals surface area contributed by atoms with Gasteiger partial charge in [-0.05, 0) is 0 Å². The van der Waals surface area contributed by atoms with Crippen molar-refractivity contribution in [2.45, 2.75) is 24.9 Å². The van der Waals surface area contributed by atoms with Gasteiger partial charge in [-0.3, -0.25) is 14.3 Å². The summed E-state index contributed by atoms with van der Waals surface area (Å²) in [6, 6.07) is 0. The van der Waals surface area contributed by atoms with Gasteiger partial charge < -0.3 is 9.84 Å². The molecule has 2 N–H and O–H groups in total. The van der Waals surface area contributed by atoms with Crippen LogP contribution >= 0.6 is 12.6 Å². The monoisotopic (exact) mass is 262 g/mol. The number of aromatic nitrogens is 2. The molecule has 94 valence electrons. The Balaban J connectivity index is 2.34. The fraction of sp³-hybridized carbons (Fsp3) is 0.556. The lowest BCUT2D eigenvalue weighted by Gasteiger charge is -2.14. The third-order valence-electron chi connectivity index (χ3n) is 2.62. The average molecular weight is 262 g/mol. The SMILES string of the molecule is O=c1[nH]c(=O)n([C@@H]2C[C@@H](O)[C@H](CS)O2)cc1F. The molecular formula is C9H11FN2O4S. The number of halogens is 1. The molecule has 1 aromatic rings. The summed E-state index contributed by atoms with van der Waals surface area (Å²) in [7, 11) is 0. The van der Waals surface area contributed by atoms with Crippen LogP contribution in [0.4, 0.5) is 4.39 Å². The van der Waals surface area contributed by atoms with Gasteiger partial charge in [-0.25, -0.2) is 4.79 Å². The molecule has 0 aromatic carbocycles. The Hall–Kier alpha value is -1.12. The molecule has 1 aromatic heterocycles. The number of rotatable bonds is 2. The van der Waals surface area contributed by atoms with Gasteiger partial charge in [0.25, 0.3) is 5.56 Å². The van der Waals surface area contributed by atoms with E-state index in [1.165, 1.54) is 0 Å². The molecule has 8 heteroatoms. The second kappa shape index (κ2) is 4.63. The number of nitrogens with zero attached hydrogens (tertiary/aromatic N) is 1. The van der Waals surface area contributed by atoms with Gasteiger partial charge in [-0.15, -0.1) is 0 Å². The summed E-state index contributed by atoms with van der Waals surface area (Å²) in [4.78, 5) is 24.1. The van der Waals surface area contributed by atoms with E-state index in [4.69, 9.17) is 4.74 Å². The number of hydrogen-bond acceptors (Lipinski definition) is 5. The predicted molar refractivity (Wildman–Crippen MR) is 59.7 cm³/mol. The highest BCUT2D eigenvalue weighted by molar-refractivity contribution is 7.80. The van der Waals surface area contributed by atoms with E-state index in [0.717, 1.165) is 10.8 Å². The summed E-state index contributed by atoms with van der Waals surface area (Å²) in [5, 5.41) is 9.58. The number of aromatic amines is 1. The quantitative estimate of drug-likeness (QED) is 0.613. The molecule has 0 radical (unpaired) electrons. The second-order valence-electron chi connectivity index (χ2n) is 3.76. The van der Waals surface area contributed by atoms with Gasteiger partial charge in [0, 0.05) is 12.2 Å². The van der Waals surface area contributed by atoms with Crippen molar-refractivity contribution in [3.8, 4) is 0 Å². The maximum absolute atomic E-state index is 13.1. The molecule has 3 atom stereocenters. The normalized spacial score (nSPS) is 28.5. The lowest BCUT2D eigenvalue weighted by atomic mass is 10.2. The fourth-order valence-corrected chi connectivity index (χ4v) is 2.05. The van der Waals surface area contributed by atoms with Crippen molar-refractivity contribution >= 4 is 12.6 Å². The zero-order valence-corrected chi connectivity index (χ0v) is 9.56. The van der Waals surface area contributed by atoms with E-state index in [1.54, 1.807) is 0 Å². The Kier molecular flexibility index (Phi) is 3.36. The summed E-state index contributed by atoms with van der Waals surface area (Å²) < 4.78 is 19.3. The van der Waals surface area contributed by atoms with Crippen molar-refractivity contribution in [3.05, 3.63) is 32.9 Å². The van der Waals surface area contributed by atoms with Crippen LogP contribution in [0, 0.1) is 5.82 Å². The minimum absolute atomic E-state index is 0.149. The number of H-pyrrole nitrogens is 1. The minimum Gasteiger partial charge on any atom is -0.390 e. The number of aliphatic hydroxyl groups is 1. The molecule has 0 amide bonds. The Morgan fingerprint density at radius 3 is 2.94 bits per heavy atom. The lowest BCUT2D eigenvalue weighted by Crippen LogP contribution is -2.33. The molecule has 1 fully saturated rings. The van der Waals surface area contributed by atoms with Gasteiger partial charge >= 0.3 is 5.69 Å². The van der Waals surface area contributed by atoms with Gasteiger partial charge in [0.15, 0.2) is 0 Å². The highest BCUT2D eigenvalue weighted by Crippen LogP contribution is 2.27. The van der Waals surface area contributed by atoms with Crippen LogP contribution in [0.15, 0.2) is 15.8 Å². The Labute approximate surface area is 100 Å². The maximum atomic E-state index is 13.1. The summed E-state index contributed by atoms with van der Waals surface area (Å²) in [5.74, 6) is -0.782. The minimum atomic E-state index is -1.07. The first-order valence-electron chi connectivity index (χ1n) is 4.98. The van der Waals surface area contributed by atoms with E-state index in [0.29, 0.717) is 0 Å². The molecule has 17 heavy (non-hydrogen) atoms. The second-order valence-corrected chi connectivity index (χ2v) is 4.12. The van der Waals surface area contributed by atoms with Gasteiger partial charge in [-0.1, -0.05) is 0 Å².